The van der Waals surface area contributed by atoms with E-state index in [1.807, 2.05) is 0 Å². The number of aryl methyl sites for hydroxylation is 2. The van der Waals surface area contributed by atoms with Crippen LogP contribution < -0.4 is 0 Å². The lowest BCUT2D eigenvalue weighted by Gasteiger charge is -2.38. The molecule has 1 nitrogen and oxygen atoms in total. The second-order valence-corrected chi connectivity index (χ2v) is 14.2. The summed E-state index contributed by atoms with van der Waals surface area (Å²) in [6, 6.07) is 50.6. The Hall–Kier alpha value is -5.24. The van der Waals surface area contributed by atoms with E-state index < -0.39 is 0 Å². The van der Waals surface area contributed by atoms with Crippen molar-refractivity contribution in [3.8, 4) is 22.3 Å². The Morgan fingerprint density at radius 1 is 0.362 bits per heavy atom. The monoisotopic (exact) mass is 602 g/mol. The summed E-state index contributed by atoms with van der Waals surface area (Å²) in [7, 11) is 0. The number of nitrogens with zero attached hydrogens (tertiary/aromatic N) is 1. The number of fused-ring (bicyclic) bond motifs is 14. The van der Waals surface area contributed by atoms with Crippen molar-refractivity contribution in [3.63, 3.8) is 0 Å². The largest absolute Gasteiger partial charge is 0.309 e. The number of rotatable bonds is 0. The Labute approximate surface area is 275 Å². The maximum atomic E-state index is 2.45. The van der Waals surface area contributed by atoms with Gasteiger partial charge in [-0.25, -0.2) is 0 Å². The maximum Gasteiger partial charge on any atom is 0.106 e. The van der Waals surface area contributed by atoms with Crippen LogP contribution in [0.15, 0.2) is 133 Å². The van der Waals surface area contributed by atoms with Gasteiger partial charge in [0.1, 0.15) is 26.2 Å². The van der Waals surface area contributed by atoms with E-state index in [2.05, 4.69) is 147 Å². The lowest BCUT2D eigenvalue weighted by molar-refractivity contribution is -0.978. The summed E-state index contributed by atoms with van der Waals surface area (Å²) in [5.74, 6) is 0. The number of quaternary nitrogens is 1. The van der Waals surface area contributed by atoms with Crippen LogP contribution in [0.5, 0.6) is 0 Å². The molecule has 0 unspecified atom stereocenters. The summed E-state index contributed by atoms with van der Waals surface area (Å²) >= 11 is 0. The fourth-order valence-electron chi connectivity index (χ4n) is 9.26. The Balaban J connectivity index is 1.33. The highest BCUT2D eigenvalue weighted by atomic mass is 15.4. The van der Waals surface area contributed by atoms with Crippen LogP contribution in [0.25, 0.3) is 65.3 Å². The molecular formula is C46H36N+. The van der Waals surface area contributed by atoms with Crippen molar-refractivity contribution >= 4 is 43.1 Å². The van der Waals surface area contributed by atoms with E-state index in [9.17, 15) is 0 Å². The van der Waals surface area contributed by atoms with Gasteiger partial charge >= 0.3 is 0 Å². The predicted octanol–water partition coefficient (Wildman–Crippen LogP) is 11.8. The normalized spacial score (nSPS) is 14.9. The highest BCUT2D eigenvalue weighted by Gasteiger charge is 2.40. The van der Waals surface area contributed by atoms with Crippen LogP contribution >= 0.6 is 0 Å². The van der Waals surface area contributed by atoms with Crippen molar-refractivity contribution in [2.45, 2.75) is 40.0 Å². The van der Waals surface area contributed by atoms with Crippen LogP contribution in [-0.2, 0) is 26.2 Å². The predicted molar refractivity (Wildman–Crippen MR) is 198 cm³/mol. The van der Waals surface area contributed by atoms with Crippen molar-refractivity contribution in [2.75, 3.05) is 0 Å². The van der Waals surface area contributed by atoms with Gasteiger partial charge in [0.05, 0.1) is 0 Å². The molecule has 10 rings (SSSR count). The Morgan fingerprint density at radius 3 is 1.15 bits per heavy atom. The Morgan fingerprint density at radius 2 is 0.723 bits per heavy atom. The summed E-state index contributed by atoms with van der Waals surface area (Å²) in [6.07, 6.45) is 0. The van der Waals surface area contributed by atoms with Gasteiger partial charge in [-0.05, 0) is 90.3 Å². The Bertz CT molecular complexity index is 2420. The number of benzene rings is 8. The molecule has 0 saturated heterocycles. The van der Waals surface area contributed by atoms with Crippen molar-refractivity contribution in [1.82, 2.24) is 0 Å². The van der Waals surface area contributed by atoms with Crippen LogP contribution in [0, 0.1) is 13.8 Å². The first-order valence-corrected chi connectivity index (χ1v) is 17.0. The van der Waals surface area contributed by atoms with E-state index in [1.54, 1.807) is 0 Å². The van der Waals surface area contributed by atoms with Gasteiger partial charge in [-0.2, -0.15) is 0 Å². The van der Waals surface area contributed by atoms with Gasteiger partial charge in [0.25, 0.3) is 0 Å². The van der Waals surface area contributed by atoms with Crippen molar-refractivity contribution < 1.29 is 4.48 Å². The number of hydrogen-bond acceptors (Lipinski definition) is 0. The molecule has 8 aromatic carbocycles. The molecular weight excluding hydrogens is 567 g/mol. The lowest BCUT2D eigenvalue weighted by Crippen LogP contribution is -2.44. The molecule has 1 spiro atoms. The van der Waals surface area contributed by atoms with E-state index >= 15 is 0 Å². The third-order valence-corrected chi connectivity index (χ3v) is 11.3. The van der Waals surface area contributed by atoms with Crippen LogP contribution in [0.3, 0.4) is 0 Å². The molecule has 0 aliphatic carbocycles. The lowest BCUT2D eigenvalue weighted by atomic mass is 9.85. The zero-order valence-electron chi connectivity index (χ0n) is 27.0. The minimum Gasteiger partial charge on any atom is -0.309 e. The third-order valence-electron chi connectivity index (χ3n) is 11.3. The van der Waals surface area contributed by atoms with Crippen LogP contribution in [0.1, 0.15) is 33.4 Å². The van der Waals surface area contributed by atoms with Gasteiger partial charge in [0, 0.05) is 22.3 Å². The summed E-state index contributed by atoms with van der Waals surface area (Å²) in [5.41, 5.74) is 14.5. The van der Waals surface area contributed by atoms with E-state index in [0.29, 0.717) is 0 Å². The summed E-state index contributed by atoms with van der Waals surface area (Å²) in [5, 5.41) is 10.8. The molecule has 224 valence electrons. The van der Waals surface area contributed by atoms with Gasteiger partial charge in [0.15, 0.2) is 0 Å². The fourth-order valence-corrected chi connectivity index (χ4v) is 9.26. The van der Waals surface area contributed by atoms with E-state index in [0.717, 1.165) is 30.7 Å². The molecule has 8 aromatic rings. The smallest absolute Gasteiger partial charge is 0.106 e. The second kappa shape index (κ2) is 9.88. The van der Waals surface area contributed by atoms with Gasteiger partial charge in [0.2, 0.25) is 0 Å². The molecule has 2 aliphatic heterocycles. The fraction of sp³-hybridized carbons (Fsp3) is 0.130. The molecule has 47 heavy (non-hydrogen) atoms. The van der Waals surface area contributed by atoms with Crippen molar-refractivity contribution in [1.29, 1.82) is 0 Å². The Kier molecular flexibility index (Phi) is 5.66. The van der Waals surface area contributed by atoms with E-state index in [-0.39, 0.29) is 0 Å². The third kappa shape index (κ3) is 3.93. The van der Waals surface area contributed by atoms with E-state index in [1.165, 1.54) is 98.7 Å². The molecule has 0 aromatic heterocycles. The highest BCUT2D eigenvalue weighted by molar-refractivity contribution is 6.10. The zero-order valence-corrected chi connectivity index (χ0v) is 27.0. The van der Waals surface area contributed by atoms with Crippen molar-refractivity contribution in [2.24, 2.45) is 0 Å². The van der Waals surface area contributed by atoms with Crippen LogP contribution in [0.2, 0.25) is 0 Å². The van der Waals surface area contributed by atoms with Gasteiger partial charge in [-0.15, -0.1) is 0 Å². The second-order valence-electron chi connectivity index (χ2n) is 14.2. The molecule has 0 saturated carbocycles. The first-order chi connectivity index (χ1) is 23.1. The number of hydrogen-bond donors (Lipinski definition) is 0. The summed E-state index contributed by atoms with van der Waals surface area (Å²) in [4.78, 5) is 0. The minimum absolute atomic E-state index is 0.967. The average molecular weight is 603 g/mol. The molecule has 1 heteroatoms. The molecule has 0 atom stereocenters. The minimum atomic E-state index is 0.967. The SMILES string of the molecule is Cc1cc2ccccc2c2c1C[N+]1(Cc3ccc4ccccc4c3-c3c(ccc4ccccc34)C1)Cc1c(C)cc3ccccc3c1-2. The molecule has 0 fully saturated rings. The van der Waals surface area contributed by atoms with E-state index in [4.69, 9.17) is 0 Å². The molecule has 0 N–H and O–H groups in total. The zero-order chi connectivity index (χ0) is 31.3. The van der Waals surface area contributed by atoms with Gasteiger partial charge in [-0.3, -0.25) is 0 Å². The van der Waals surface area contributed by atoms with Crippen LogP contribution in [0.4, 0.5) is 0 Å². The highest BCUT2D eigenvalue weighted by Crippen LogP contribution is 2.50. The van der Waals surface area contributed by atoms with Crippen LogP contribution in [-0.4, -0.2) is 4.48 Å². The van der Waals surface area contributed by atoms with Gasteiger partial charge in [-0.1, -0.05) is 133 Å². The summed E-state index contributed by atoms with van der Waals surface area (Å²) < 4.78 is 0.967. The molecule has 2 aliphatic rings. The first-order valence-electron chi connectivity index (χ1n) is 17.0. The standard InChI is InChI=1S/C46H36N/c1-29-23-33-13-5-9-17-39(33)45-41(29)27-47(28-42-30(2)24-34-14-6-10-18-40(34)46(42)45)25-35-21-19-31-11-3-7-15-37(31)43(35)44-36(26-47)22-20-32-12-4-8-16-38(32)44/h3-24H,25-28H2,1-2H3/q+1. The molecule has 0 bridgehead atoms. The van der Waals surface area contributed by atoms with Crippen molar-refractivity contribution in [3.05, 3.63) is 167 Å². The topological polar surface area (TPSA) is 0 Å². The molecule has 0 radical (unpaired) electrons. The molecule has 2 heterocycles. The summed E-state index contributed by atoms with van der Waals surface area (Å²) in [6.45, 7) is 8.66. The molecule has 0 amide bonds. The van der Waals surface area contributed by atoms with Gasteiger partial charge < -0.3 is 4.48 Å². The maximum absolute atomic E-state index is 2.45. The first kappa shape index (κ1) is 26.9. The quantitative estimate of drug-likeness (QED) is 0.152. The average Bonchev–Trinajstić information content (AvgIpc) is 3.34.